The predicted octanol–water partition coefficient (Wildman–Crippen LogP) is 0.184. The maximum Gasteiger partial charge on any atom is 0.245 e. The highest BCUT2D eigenvalue weighted by Crippen LogP contribution is 2.58. The molecule has 6 atom stereocenters. The van der Waals surface area contributed by atoms with E-state index in [2.05, 4.69) is 10.6 Å². The standard InChI is InChI=1S/C20H33N3O5/c1-4-6-10-22-18(26)16-20-8-7-13(28-20)14(17(25)21-9-5-2)15(20)19(27)23(16)12(3)11-24/h12-16,24H,4-11H2,1-3H3,(H,21,25)(H,22,26)/t12-,13-,14+,15+,16?,20?/m1/s1. The minimum Gasteiger partial charge on any atom is -0.394 e. The van der Waals surface area contributed by atoms with Crippen LogP contribution in [0.1, 0.15) is 52.9 Å². The molecule has 3 fully saturated rings. The Kier molecular flexibility index (Phi) is 6.29. The number of ether oxygens (including phenoxy) is 1. The molecule has 28 heavy (non-hydrogen) atoms. The first kappa shape index (κ1) is 21.0. The summed E-state index contributed by atoms with van der Waals surface area (Å²) in [5.74, 6) is -1.92. The second kappa shape index (κ2) is 8.37. The maximum absolute atomic E-state index is 13.4. The lowest BCUT2D eigenvalue weighted by atomic mass is 9.70. The predicted molar refractivity (Wildman–Crippen MR) is 102 cm³/mol. The molecular formula is C20H33N3O5. The van der Waals surface area contributed by atoms with Crippen molar-refractivity contribution in [1.29, 1.82) is 0 Å². The quantitative estimate of drug-likeness (QED) is 0.483. The number of likely N-dealkylation sites (tertiary alicyclic amines) is 1. The van der Waals surface area contributed by atoms with Gasteiger partial charge in [-0.25, -0.2) is 0 Å². The second-order valence-electron chi connectivity index (χ2n) is 8.27. The van der Waals surface area contributed by atoms with Crippen molar-refractivity contribution in [2.75, 3.05) is 19.7 Å². The maximum atomic E-state index is 13.4. The van der Waals surface area contributed by atoms with Crippen molar-refractivity contribution < 1.29 is 24.2 Å². The SMILES string of the molecule is CCCCNC(=O)C1N([C@H](C)CO)C(=O)[C@@H]2[C@@H](C(=O)NCCC)[C@H]3CCC12O3. The van der Waals surface area contributed by atoms with E-state index >= 15 is 0 Å². The van der Waals surface area contributed by atoms with E-state index in [1.54, 1.807) is 6.92 Å². The smallest absolute Gasteiger partial charge is 0.245 e. The van der Waals surface area contributed by atoms with Crippen LogP contribution in [0.5, 0.6) is 0 Å². The number of aliphatic hydroxyl groups is 1. The summed E-state index contributed by atoms with van der Waals surface area (Å²) in [7, 11) is 0. The summed E-state index contributed by atoms with van der Waals surface area (Å²) in [5.41, 5.74) is -0.976. The molecule has 3 N–H and O–H groups in total. The lowest BCUT2D eigenvalue weighted by molar-refractivity contribution is -0.145. The largest absolute Gasteiger partial charge is 0.394 e. The zero-order valence-electron chi connectivity index (χ0n) is 17.1. The van der Waals surface area contributed by atoms with Gasteiger partial charge in [-0.2, -0.15) is 0 Å². The molecule has 158 valence electrons. The molecule has 3 aliphatic rings. The number of unbranched alkanes of at least 4 members (excludes halogenated alkanes) is 1. The number of aliphatic hydroxyl groups excluding tert-OH is 1. The number of nitrogens with one attached hydrogen (secondary N) is 2. The van der Waals surface area contributed by atoms with Gasteiger partial charge < -0.3 is 25.4 Å². The van der Waals surface area contributed by atoms with Gasteiger partial charge in [-0.3, -0.25) is 14.4 Å². The van der Waals surface area contributed by atoms with Crippen LogP contribution >= 0.6 is 0 Å². The van der Waals surface area contributed by atoms with Crippen molar-refractivity contribution in [3.63, 3.8) is 0 Å². The molecule has 2 bridgehead atoms. The Morgan fingerprint density at radius 3 is 2.61 bits per heavy atom. The van der Waals surface area contributed by atoms with Gasteiger partial charge in [0, 0.05) is 13.1 Å². The fourth-order valence-corrected chi connectivity index (χ4v) is 5.10. The van der Waals surface area contributed by atoms with Crippen molar-refractivity contribution in [3.8, 4) is 0 Å². The van der Waals surface area contributed by atoms with E-state index in [1.165, 1.54) is 4.90 Å². The summed E-state index contributed by atoms with van der Waals surface area (Å²) in [5, 5.41) is 15.5. The van der Waals surface area contributed by atoms with Crippen LogP contribution in [0.15, 0.2) is 0 Å². The highest BCUT2D eigenvalue weighted by Gasteiger charge is 2.74. The third-order valence-corrected chi connectivity index (χ3v) is 6.41. The Morgan fingerprint density at radius 1 is 1.25 bits per heavy atom. The molecule has 3 amide bonds. The number of carbonyl (C=O) groups is 3. The molecule has 0 aliphatic carbocycles. The van der Waals surface area contributed by atoms with Crippen LogP contribution in [0.3, 0.4) is 0 Å². The Bertz CT molecular complexity index is 627. The van der Waals surface area contributed by atoms with Crippen molar-refractivity contribution >= 4 is 17.7 Å². The number of hydrogen-bond donors (Lipinski definition) is 3. The van der Waals surface area contributed by atoms with Gasteiger partial charge in [-0.05, 0) is 32.6 Å². The topological polar surface area (TPSA) is 108 Å². The number of hydrogen-bond acceptors (Lipinski definition) is 5. The first-order valence-corrected chi connectivity index (χ1v) is 10.6. The van der Waals surface area contributed by atoms with Gasteiger partial charge in [0.05, 0.1) is 30.6 Å². The molecule has 0 aromatic carbocycles. The molecule has 0 saturated carbocycles. The highest BCUT2D eigenvalue weighted by atomic mass is 16.5. The molecule has 8 nitrogen and oxygen atoms in total. The molecule has 3 rings (SSSR count). The van der Waals surface area contributed by atoms with Gasteiger partial charge in [0.1, 0.15) is 11.6 Å². The summed E-state index contributed by atoms with van der Waals surface area (Å²) in [4.78, 5) is 40.7. The zero-order chi connectivity index (χ0) is 20.5. The Morgan fingerprint density at radius 2 is 1.96 bits per heavy atom. The average molecular weight is 396 g/mol. The van der Waals surface area contributed by atoms with E-state index in [-0.39, 0.29) is 30.4 Å². The van der Waals surface area contributed by atoms with Crippen molar-refractivity contribution in [3.05, 3.63) is 0 Å². The summed E-state index contributed by atoms with van der Waals surface area (Å²) in [6.07, 6.45) is 3.52. The Balaban J connectivity index is 1.92. The van der Waals surface area contributed by atoms with Crippen LogP contribution < -0.4 is 10.6 Å². The molecule has 3 heterocycles. The van der Waals surface area contributed by atoms with Crippen LogP contribution in [0.4, 0.5) is 0 Å². The monoisotopic (exact) mass is 395 g/mol. The highest BCUT2D eigenvalue weighted by molar-refractivity contribution is 5.99. The van der Waals surface area contributed by atoms with E-state index in [1.807, 2.05) is 13.8 Å². The number of fused-ring (bicyclic) bond motifs is 1. The molecule has 8 heteroatoms. The minimum atomic E-state index is -0.976. The molecule has 3 aliphatic heterocycles. The van der Waals surface area contributed by atoms with E-state index in [4.69, 9.17) is 4.74 Å². The van der Waals surface area contributed by atoms with Crippen LogP contribution in [-0.4, -0.2) is 71.2 Å². The molecule has 2 unspecified atom stereocenters. The molecule has 3 saturated heterocycles. The van der Waals surface area contributed by atoms with Crippen molar-refractivity contribution in [1.82, 2.24) is 15.5 Å². The van der Waals surface area contributed by atoms with E-state index in [0.29, 0.717) is 25.9 Å². The molecule has 0 aromatic rings. The van der Waals surface area contributed by atoms with Gasteiger partial charge in [0.15, 0.2) is 0 Å². The van der Waals surface area contributed by atoms with Gasteiger partial charge in [0.2, 0.25) is 17.7 Å². The summed E-state index contributed by atoms with van der Waals surface area (Å²) in [6.45, 7) is 6.58. The van der Waals surface area contributed by atoms with Gasteiger partial charge in [-0.1, -0.05) is 20.3 Å². The zero-order valence-corrected chi connectivity index (χ0v) is 17.1. The third-order valence-electron chi connectivity index (χ3n) is 6.41. The molecule has 1 spiro atoms. The Hall–Kier alpha value is -1.67. The van der Waals surface area contributed by atoms with E-state index < -0.39 is 29.5 Å². The average Bonchev–Trinajstić information content (AvgIpc) is 3.32. The van der Waals surface area contributed by atoms with E-state index in [9.17, 15) is 19.5 Å². The van der Waals surface area contributed by atoms with Crippen LogP contribution in [0.25, 0.3) is 0 Å². The number of rotatable bonds is 9. The summed E-state index contributed by atoms with van der Waals surface area (Å²) in [6, 6.07) is -1.32. The first-order valence-electron chi connectivity index (χ1n) is 10.6. The fourth-order valence-electron chi connectivity index (χ4n) is 5.10. The third kappa shape index (κ3) is 3.20. The van der Waals surface area contributed by atoms with E-state index in [0.717, 1.165) is 19.3 Å². The van der Waals surface area contributed by atoms with Crippen LogP contribution in [-0.2, 0) is 19.1 Å². The van der Waals surface area contributed by atoms with Gasteiger partial charge in [0.25, 0.3) is 0 Å². The van der Waals surface area contributed by atoms with Crippen molar-refractivity contribution in [2.45, 2.75) is 76.7 Å². The normalized spacial score (nSPS) is 34.4. The number of amides is 3. The number of nitrogens with zero attached hydrogens (tertiary/aromatic N) is 1. The summed E-state index contributed by atoms with van der Waals surface area (Å²) < 4.78 is 6.27. The van der Waals surface area contributed by atoms with Gasteiger partial charge >= 0.3 is 0 Å². The molecule has 0 aromatic heterocycles. The molecular weight excluding hydrogens is 362 g/mol. The lowest BCUT2D eigenvalue weighted by Crippen LogP contribution is -2.57. The fraction of sp³-hybridized carbons (Fsp3) is 0.850. The first-order chi connectivity index (χ1) is 13.4. The number of carbonyl (C=O) groups excluding carboxylic acids is 3. The van der Waals surface area contributed by atoms with Crippen molar-refractivity contribution in [2.24, 2.45) is 11.8 Å². The minimum absolute atomic E-state index is 0.171. The second-order valence-corrected chi connectivity index (χ2v) is 8.27. The van der Waals surface area contributed by atoms with Gasteiger partial charge in [-0.15, -0.1) is 0 Å². The lowest BCUT2D eigenvalue weighted by Gasteiger charge is -2.35. The molecule has 0 radical (unpaired) electrons. The Labute approximate surface area is 166 Å². The van der Waals surface area contributed by atoms with Crippen LogP contribution in [0, 0.1) is 11.8 Å². The van der Waals surface area contributed by atoms with Crippen LogP contribution in [0.2, 0.25) is 0 Å². The summed E-state index contributed by atoms with van der Waals surface area (Å²) >= 11 is 0.